The van der Waals surface area contributed by atoms with Gasteiger partial charge in [0.1, 0.15) is 6.17 Å². The predicted octanol–water partition coefficient (Wildman–Crippen LogP) is 4.06. The molecular weight excluding hydrogens is 424 g/mol. The van der Waals surface area contributed by atoms with Gasteiger partial charge in [0, 0.05) is 23.4 Å². The molecule has 0 unspecified atom stereocenters. The summed E-state index contributed by atoms with van der Waals surface area (Å²) in [6.07, 6.45) is 2.50. The van der Waals surface area contributed by atoms with Gasteiger partial charge in [0.2, 0.25) is 3.79 Å². The maximum absolute atomic E-state index is 12.4. The van der Waals surface area contributed by atoms with Gasteiger partial charge in [-0.1, -0.05) is 53.0 Å². The lowest BCUT2D eigenvalue weighted by molar-refractivity contribution is 0.0928. The number of benzene rings is 1. The average molecular weight is 438 g/mol. The quantitative estimate of drug-likeness (QED) is 0.548. The molecule has 0 aliphatic rings. The lowest BCUT2D eigenvalue weighted by atomic mass is 10.2. The molecule has 1 aromatic heterocycles. The summed E-state index contributed by atoms with van der Waals surface area (Å²) >= 11 is 21.2. The van der Waals surface area contributed by atoms with Crippen LogP contribution in [0.1, 0.15) is 15.9 Å². The number of nitrogens with zero attached hydrogens (tertiary/aromatic N) is 1. The van der Waals surface area contributed by atoms with E-state index >= 15 is 0 Å². The van der Waals surface area contributed by atoms with E-state index in [4.69, 9.17) is 34.8 Å². The van der Waals surface area contributed by atoms with E-state index in [0.29, 0.717) is 16.6 Å². The van der Waals surface area contributed by atoms with Crippen LogP contribution in [0, 0.1) is 0 Å². The SMILES string of the molecule is O=C(N[C@H](NCc1cccnc1)C(Cl)(Cl)Cl)c1ccccc1Br. The number of alkyl halides is 3. The van der Waals surface area contributed by atoms with Crippen molar-refractivity contribution in [1.82, 2.24) is 15.6 Å². The molecule has 2 aromatic rings. The molecular formula is C15H13BrCl3N3O. The molecule has 8 heteroatoms. The summed E-state index contributed by atoms with van der Waals surface area (Å²) in [7, 11) is 0. The van der Waals surface area contributed by atoms with Gasteiger partial charge in [0.15, 0.2) is 0 Å². The Bertz CT molecular complexity index is 665. The topological polar surface area (TPSA) is 54.0 Å². The minimum Gasteiger partial charge on any atom is -0.333 e. The Labute approximate surface area is 157 Å². The van der Waals surface area contributed by atoms with Gasteiger partial charge in [-0.05, 0) is 39.7 Å². The zero-order valence-corrected chi connectivity index (χ0v) is 15.6. The van der Waals surface area contributed by atoms with Gasteiger partial charge in [0.25, 0.3) is 5.91 Å². The van der Waals surface area contributed by atoms with Crippen LogP contribution in [-0.2, 0) is 6.54 Å². The van der Waals surface area contributed by atoms with Crippen LogP contribution < -0.4 is 10.6 Å². The molecule has 0 aliphatic heterocycles. The second-order valence-electron chi connectivity index (χ2n) is 4.67. The summed E-state index contributed by atoms with van der Waals surface area (Å²) in [5, 5.41) is 5.70. The summed E-state index contributed by atoms with van der Waals surface area (Å²) < 4.78 is -1.05. The minimum atomic E-state index is -1.71. The molecule has 0 fully saturated rings. The molecule has 2 N–H and O–H groups in total. The molecule has 1 heterocycles. The van der Waals surface area contributed by atoms with Gasteiger partial charge >= 0.3 is 0 Å². The van der Waals surface area contributed by atoms with E-state index < -0.39 is 9.96 Å². The van der Waals surface area contributed by atoms with Crippen molar-refractivity contribution in [2.45, 2.75) is 16.5 Å². The van der Waals surface area contributed by atoms with Crippen LogP contribution in [0.5, 0.6) is 0 Å². The van der Waals surface area contributed by atoms with E-state index in [1.165, 1.54) is 0 Å². The first-order valence-electron chi connectivity index (χ1n) is 6.62. The fraction of sp³-hybridized carbons (Fsp3) is 0.200. The van der Waals surface area contributed by atoms with Crippen molar-refractivity contribution < 1.29 is 4.79 Å². The molecule has 0 radical (unpaired) electrons. The third kappa shape index (κ3) is 5.62. The van der Waals surface area contributed by atoms with Crippen LogP contribution in [0.4, 0.5) is 0 Å². The summed E-state index contributed by atoms with van der Waals surface area (Å²) in [5.74, 6) is -0.354. The second-order valence-corrected chi connectivity index (χ2v) is 7.89. The maximum Gasteiger partial charge on any atom is 0.253 e. The van der Waals surface area contributed by atoms with Crippen LogP contribution in [0.25, 0.3) is 0 Å². The average Bonchev–Trinajstić information content (AvgIpc) is 2.51. The number of carbonyl (C=O) groups excluding carboxylic acids is 1. The lowest BCUT2D eigenvalue weighted by Gasteiger charge is -2.26. The van der Waals surface area contributed by atoms with Gasteiger partial charge in [-0.25, -0.2) is 0 Å². The minimum absolute atomic E-state index is 0.354. The van der Waals surface area contributed by atoms with Crippen molar-refractivity contribution >= 4 is 56.6 Å². The van der Waals surface area contributed by atoms with E-state index in [9.17, 15) is 4.79 Å². The number of nitrogens with one attached hydrogen (secondary N) is 2. The maximum atomic E-state index is 12.4. The van der Waals surface area contributed by atoms with Gasteiger partial charge in [-0.15, -0.1) is 0 Å². The molecule has 2 rings (SSSR count). The Morgan fingerprint density at radius 2 is 1.96 bits per heavy atom. The predicted molar refractivity (Wildman–Crippen MR) is 96.8 cm³/mol. The zero-order chi connectivity index (χ0) is 16.9. The first kappa shape index (κ1) is 18.5. The van der Waals surface area contributed by atoms with E-state index in [-0.39, 0.29) is 5.91 Å². The third-order valence-electron chi connectivity index (χ3n) is 2.95. The molecule has 0 saturated carbocycles. The van der Waals surface area contributed by atoms with Gasteiger partial charge in [0.05, 0.1) is 5.56 Å². The van der Waals surface area contributed by atoms with Crippen LogP contribution >= 0.6 is 50.7 Å². The highest BCUT2D eigenvalue weighted by atomic mass is 79.9. The summed E-state index contributed by atoms with van der Waals surface area (Å²) in [4.78, 5) is 16.4. The van der Waals surface area contributed by atoms with Crippen molar-refractivity contribution in [3.05, 3.63) is 64.4 Å². The smallest absolute Gasteiger partial charge is 0.253 e. The Hall–Kier alpha value is -0.850. The fourth-order valence-corrected chi connectivity index (χ4v) is 2.69. The molecule has 23 heavy (non-hydrogen) atoms. The Morgan fingerprint density at radius 3 is 2.57 bits per heavy atom. The first-order valence-corrected chi connectivity index (χ1v) is 8.55. The van der Waals surface area contributed by atoms with E-state index in [2.05, 4.69) is 31.5 Å². The highest BCUT2D eigenvalue weighted by Crippen LogP contribution is 2.29. The summed E-state index contributed by atoms with van der Waals surface area (Å²) in [6.45, 7) is 0.392. The number of halogens is 4. The van der Waals surface area contributed by atoms with Crippen molar-refractivity contribution in [2.24, 2.45) is 0 Å². The standard InChI is InChI=1S/C15H13BrCl3N3O/c16-12-6-2-1-5-11(12)13(23)22-14(15(17,18)19)21-9-10-4-3-7-20-8-10/h1-8,14,21H,9H2,(H,22,23)/t14-/m0/s1. The molecule has 0 saturated heterocycles. The molecule has 0 spiro atoms. The number of carbonyl (C=O) groups is 1. The highest BCUT2D eigenvalue weighted by molar-refractivity contribution is 9.10. The molecule has 122 valence electrons. The van der Waals surface area contributed by atoms with E-state index in [0.717, 1.165) is 5.56 Å². The molecule has 4 nitrogen and oxygen atoms in total. The Kier molecular flexibility index (Phi) is 6.68. The van der Waals surface area contributed by atoms with Gasteiger partial charge in [-0.3, -0.25) is 15.1 Å². The number of amides is 1. The molecule has 0 bridgehead atoms. The molecule has 1 amide bonds. The van der Waals surface area contributed by atoms with E-state index in [1.807, 2.05) is 12.1 Å². The van der Waals surface area contributed by atoms with Gasteiger partial charge in [-0.2, -0.15) is 0 Å². The number of aromatic nitrogens is 1. The van der Waals surface area contributed by atoms with Crippen LogP contribution in [0.3, 0.4) is 0 Å². The van der Waals surface area contributed by atoms with Crippen molar-refractivity contribution in [2.75, 3.05) is 0 Å². The Balaban J connectivity index is 2.07. The van der Waals surface area contributed by atoms with Crippen molar-refractivity contribution in [3.63, 3.8) is 0 Å². The van der Waals surface area contributed by atoms with Crippen molar-refractivity contribution in [3.8, 4) is 0 Å². The number of hydrogen-bond donors (Lipinski definition) is 2. The molecule has 1 aromatic carbocycles. The fourth-order valence-electron chi connectivity index (χ4n) is 1.83. The summed E-state index contributed by atoms with van der Waals surface area (Å²) in [5.41, 5.74) is 1.36. The van der Waals surface area contributed by atoms with Crippen LogP contribution in [-0.4, -0.2) is 20.8 Å². The number of pyridine rings is 1. The Morgan fingerprint density at radius 1 is 1.22 bits per heavy atom. The lowest BCUT2D eigenvalue weighted by Crippen LogP contribution is -2.53. The van der Waals surface area contributed by atoms with Crippen LogP contribution in [0.15, 0.2) is 53.3 Å². The normalized spacial score (nSPS) is 12.7. The monoisotopic (exact) mass is 435 g/mol. The number of rotatable bonds is 5. The highest BCUT2D eigenvalue weighted by Gasteiger charge is 2.34. The molecule has 1 atom stereocenters. The largest absolute Gasteiger partial charge is 0.333 e. The van der Waals surface area contributed by atoms with Crippen LogP contribution in [0.2, 0.25) is 0 Å². The van der Waals surface area contributed by atoms with Crippen molar-refractivity contribution in [1.29, 1.82) is 0 Å². The molecule has 0 aliphatic carbocycles. The van der Waals surface area contributed by atoms with Gasteiger partial charge < -0.3 is 5.32 Å². The first-order chi connectivity index (χ1) is 10.9. The van der Waals surface area contributed by atoms with E-state index in [1.54, 1.807) is 36.7 Å². The summed E-state index contributed by atoms with van der Waals surface area (Å²) in [6, 6.07) is 10.7. The third-order valence-corrected chi connectivity index (χ3v) is 4.30. The zero-order valence-electron chi connectivity index (χ0n) is 11.8. The second kappa shape index (κ2) is 8.31. The number of hydrogen-bond acceptors (Lipinski definition) is 3.